The Kier molecular flexibility index (Phi) is 6.24. The first-order valence-electron chi connectivity index (χ1n) is 7.69. The molecule has 1 atom stereocenters. The molecule has 122 valence electrons. The Bertz CT molecular complexity index is 534. The number of furan rings is 1. The van der Waals surface area contributed by atoms with Crippen LogP contribution < -0.4 is 0 Å². The largest absolute Gasteiger partial charge is 0.468 e. The van der Waals surface area contributed by atoms with E-state index in [9.17, 15) is 5.11 Å². The van der Waals surface area contributed by atoms with Crippen LogP contribution >= 0.6 is 0 Å². The second-order valence-corrected chi connectivity index (χ2v) is 5.90. The van der Waals surface area contributed by atoms with Crippen molar-refractivity contribution in [2.75, 3.05) is 13.2 Å². The van der Waals surface area contributed by atoms with Gasteiger partial charge in [-0.2, -0.15) is 0 Å². The highest BCUT2D eigenvalue weighted by atomic mass is 16.5. The van der Waals surface area contributed by atoms with Gasteiger partial charge in [-0.25, -0.2) is 0 Å². The van der Waals surface area contributed by atoms with E-state index in [1.807, 2.05) is 45.3 Å². The van der Waals surface area contributed by atoms with Crippen molar-refractivity contribution in [2.24, 2.45) is 7.05 Å². The van der Waals surface area contributed by atoms with E-state index in [2.05, 4.69) is 15.5 Å². The maximum Gasteiger partial charge on any atom is 0.117 e. The van der Waals surface area contributed by atoms with E-state index in [4.69, 9.17) is 9.15 Å². The highest BCUT2D eigenvalue weighted by Crippen LogP contribution is 2.12. The van der Waals surface area contributed by atoms with Crippen LogP contribution in [0.2, 0.25) is 0 Å². The van der Waals surface area contributed by atoms with Crippen LogP contribution in [-0.2, 0) is 24.9 Å². The molecule has 0 unspecified atom stereocenters. The number of rotatable bonds is 9. The summed E-state index contributed by atoms with van der Waals surface area (Å²) in [7, 11) is 2.03. The van der Waals surface area contributed by atoms with Crippen LogP contribution in [0.25, 0.3) is 0 Å². The maximum atomic E-state index is 10.2. The number of hydrogen-bond donors (Lipinski definition) is 1. The number of aliphatic hydroxyl groups excluding tert-OH is 1. The van der Waals surface area contributed by atoms with E-state index in [0.717, 1.165) is 12.3 Å². The Hall–Kier alpha value is -1.56. The molecule has 0 fully saturated rings. The summed E-state index contributed by atoms with van der Waals surface area (Å²) in [5, 5.41) is 10.2. The van der Waals surface area contributed by atoms with Crippen LogP contribution in [-0.4, -0.2) is 39.9 Å². The molecule has 0 amide bonds. The Morgan fingerprint density at radius 3 is 2.68 bits per heavy atom. The van der Waals surface area contributed by atoms with Crippen molar-refractivity contribution in [3.63, 3.8) is 0 Å². The molecule has 0 aliphatic carbocycles. The summed E-state index contributed by atoms with van der Waals surface area (Å²) >= 11 is 0. The molecule has 5 heteroatoms. The third-order valence-corrected chi connectivity index (χ3v) is 3.49. The third-order valence-electron chi connectivity index (χ3n) is 3.49. The number of nitrogens with zero attached hydrogens (tertiary/aromatic N) is 2. The molecular formula is C17H26N2O3. The van der Waals surface area contributed by atoms with Crippen molar-refractivity contribution in [3.05, 3.63) is 48.2 Å². The lowest BCUT2D eigenvalue weighted by Gasteiger charge is -2.25. The Balaban J connectivity index is 1.96. The zero-order chi connectivity index (χ0) is 15.9. The van der Waals surface area contributed by atoms with Crippen LogP contribution in [0.1, 0.15) is 25.3 Å². The second kappa shape index (κ2) is 8.17. The highest BCUT2D eigenvalue weighted by molar-refractivity contribution is 5.07. The predicted molar refractivity (Wildman–Crippen MR) is 85.3 cm³/mol. The van der Waals surface area contributed by atoms with Gasteiger partial charge in [0.05, 0.1) is 31.6 Å². The molecule has 0 aromatic carbocycles. The van der Waals surface area contributed by atoms with Crippen LogP contribution in [0.5, 0.6) is 0 Å². The first-order chi connectivity index (χ1) is 10.5. The summed E-state index contributed by atoms with van der Waals surface area (Å²) in [4.78, 5) is 2.17. The topological polar surface area (TPSA) is 50.8 Å². The maximum absolute atomic E-state index is 10.2. The fourth-order valence-corrected chi connectivity index (χ4v) is 2.35. The van der Waals surface area contributed by atoms with Crippen molar-refractivity contribution in [1.82, 2.24) is 9.47 Å². The fourth-order valence-electron chi connectivity index (χ4n) is 2.35. The molecule has 2 aromatic heterocycles. The molecule has 1 N–H and O–H groups in total. The average Bonchev–Trinajstić information content (AvgIpc) is 3.09. The summed E-state index contributed by atoms with van der Waals surface area (Å²) in [5.74, 6) is 0.895. The monoisotopic (exact) mass is 306 g/mol. The van der Waals surface area contributed by atoms with Gasteiger partial charge < -0.3 is 18.8 Å². The zero-order valence-corrected chi connectivity index (χ0v) is 13.6. The van der Waals surface area contributed by atoms with E-state index in [1.165, 1.54) is 5.69 Å². The molecular weight excluding hydrogens is 280 g/mol. The molecule has 2 aromatic rings. The molecule has 0 bridgehead atoms. The van der Waals surface area contributed by atoms with Gasteiger partial charge in [0, 0.05) is 32.0 Å². The standard InChI is InChI=1S/C17H26N2O3/c1-14(2)22-13-16(20)11-19(12-17-7-5-9-21-17)10-15-6-4-8-18(15)3/h4-9,14,16,20H,10-13H2,1-3H3/t16-/m1/s1. The van der Waals surface area contributed by atoms with Gasteiger partial charge in [0.15, 0.2) is 0 Å². The number of aryl methyl sites for hydroxylation is 1. The lowest BCUT2D eigenvalue weighted by atomic mass is 10.2. The van der Waals surface area contributed by atoms with Gasteiger partial charge in [-0.15, -0.1) is 0 Å². The molecule has 2 rings (SSSR count). The first-order valence-corrected chi connectivity index (χ1v) is 7.69. The number of ether oxygens (including phenoxy) is 1. The van der Waals surface area contributed by atoms with Gasteiger partial charge in [0.25, 0.3) is 0 Å². The first kappa shape index (κ1) is 16.8. The summed E-state index contributed by atoms with van der Waals surface area (Å²) in [6.45, 7) is 6.24. The van der Waals surface area contributed by atoms with Crippen LogP contribution in [0, 0.1) is 0 Å². The summed E-state index contributed by atoms with van der Waals surface area (Å²) < 4.78 is 13.0. The molecule has 0 saturated heterocycles. The van der Waals surface area contributed by atoms with Gasteiger partial charge in [-0.1, -0.05) is 0 Å². The van der Waals surface area contributed by atoms with Crippen LogP contribution in [0.4, 0.5) is 0 Å². The molecule has 22 heavy (non-hydrogen) atoms. The highest BCUT2D eigenvalue weighted by Gasteiger charge is 2.16. The third kappa shape index (κ3) is 5.33. The molecule has 2 heterocycles. The van der Waals surface area contributed by atoms with Gasteiger partial charge in [0.1, 0.15) is 5.76 Å². The normalized spacial score (nSPS) is 13.2. The van der Waals surface area contributed by atoms with Crippen LogP contribution in [0.15, 0.2) is 41.1 Å². The number of hydrogen-bond acceptors (Lipinski definition) is 4. The van der Waals surface area contributed by atoms with Gasteiger partial charge in [-0.3, -0.25) is 4.90 Å². The summed E-state index contributed by atoms with van der Waals surface area (Å²) in [6, 6.07) is 7.95. The Labute approximate surface area is 132 Å². The minimum absolute atomic E-state index is 0.126. The molecule has 0 aliphatic rings. The van der Waals surface area contributed by atoms with E-state index < -0.39 is 6.10 Å². The molecule has 0 radical (unpaired) electrons. The minimum atomic E-state index is -0.516. The molecule has 5 nitrogen and oxygen atoms in total. The molecule has 0 saturated carbocycles. The predicted octanol–water partition coefficient (Wildman–Crippen LogP) is 2.41. The Morgan fingerprint density at radius 1 is 1.27 bits per heavy atom. The van der Waals surface area contributed by atoms with E-state index >= 15 is 0 Å². The van der Waals surface area contributed by atoms with Crippen molar-refractivity contribution in [1.29, 1.82) is 0 Å². The quantitative estimate of drug-likeness (QED) is 0.773. The lowest BCUT2D eigenvalue weighted by Crippen LogP contribution is -2.35. The van der Waals surface area contributed by atoms with Gasteiger partial charge in [-0.05, 0) is 38.1 Å². The second-order valence-electron chi connectivity index (χ2n) is 5.90. The zero-order valence-electron chi connectivity index (χ0n) is 13.6. The van der Waals surface area contributed by atoms with Crippen molar-refractivity contribution in [3.8, 4) is 0 Å². The fraction of sp³-hybridized carbons (Fsp3) is 0.529. The minimum Gasteiger partial charge on any atom is -0.468 e. The van der Waals surface area contributed by atoms with Crippen molar-refractivity contribution < 1.29 is 14.3 Å². The molecule has 0 aliphatic heterocycles. The van der Waals surface area contributed by atoms with E-state index in [0.29, 0.717) is 19.7 Å². The average molecular weight is 306 g/mol. The van der Waals surface area contributed by atoms with Crippen LogP contribution in [0.3, 0.4) is 0 Å². The van der Waals surface area contributed by atoms with Crippen molar-refractivity contribution in [2.45, 2.75) is 39.1 Å². The van der Waals surface area contributed by atoms with E-state index in [-0.39, 0.29) is 6.10 Å². The molecule has 0 spiro atoms. The number of aromatic nitrogens is 1. The van der Waals surface area contributed by atoms with E-state index in [1.54, 1.807) is 6.26 Å². The van der Waals surface area contributed by atoms with Crippen molar-refractivity contribution >= 4 is 0 Å². The lowest BCUT2D eigenvalue weighted by molar-refractivity contribution is -0.0116. The number of aliphatic hydroxyl groups is 1. The smallest absolute Gasteiger partial charge is 0.117 e. The van der Waals surface area contributed by atoms with Gasteiger partial charge >= 0.3 is 0 Å². The Morgan fingerprint density at radius 2 is 2.09 bits per heavy atom. The summed E-state index contributed by atoms with van der Waals surface area (Å²) in [6.07, 6.45) is 3.31. The van der Waals surface area contributed by atoms with Gasteiger partial charge in [0.2, 0.25) is 0 Å². The SMILES string of the molecule is CC(C)OC[C@H](O)CN(Cc1ccco1)Cc1cccn1C. The summed E-state index contributed by atoms with van der Waals surface area (Å²) in [5.41, 5.74) is 1.20.